The summed E-state index contributed by atoms with van der Waals surface area (Å²) < 4.78 is 21.7. The molecule has 1 aromatic heterocycles. The van der Waals surface area contributed by atoms with Crippen molar-refractivity contribution in [3.8, 4) is 11.5 Å². The quantitative estimate of drug-likeness (QED) is 0.193. The maximum absolute atomic E-state index is 13.1. The van der Waals surface area contributed by atoms with Gasteiger partial charge in [-0.25, -0.2) is 9.59 Å². The van der Waals surface area contributed by atoms with Crippen LogP contribution in [0.4, 0.5) is 4.79 Å². The predicted octanol–water partition coefficient (Wildman–Crippen LogP) is 6.42. The minimum absolute atomic E-state index is 0.0380. The molecular formula is C22H21BrO6. The Labute approximate surface area is 176 Å². The average Bonchev–Trinajstić information content (AvgIpc) is 3.09. The molecule has 0 saturated carbocycles. The van der Waals surface area contributed by atoms with Crippen LogP contribution >= 0.6 is 15.9 Å². The zero-order valence-corrected chi connectivity index (χ0v) is 18.1. The van der Waals surface area contributed by atoms with Crippen LogP contribution in [0.3, 0.4) is 0 Å². The Balaban J connectivity index is 2.10. The Hall–Kier alpha value is -2.80. The number of esters is 1. The number of para-hydroxylation sites is 1. The monoisotopic (exact) mass is 460 g/mol. The van der Waals surface area contributed by atoms with Crippen molar-refractivity contribution in [1.29, 1.82) is 0 Å². The van der Waals surface area contributed by atoms with Crippen molar-refractivity contribution in [3.05, 3.63) is 59.9 Å². The summed E-state index contributed by atoms with van der Waals surface area (Å²) in [5.41, 5.74) is 0.183. The summed E-state index contributed by atoms with van der Waals surface area (Å²) in [5, 5.41) is 0.682. The standard InChI is InChI=1S/C22H21BrO6/c1-13(23)16-12-14-10-11-26-18(14)19(28-21(25)29-22(2,3)4)17(16)20(24)27-15-8-6-5-7-9-15/h5-13H,1-4H3/t13-/m0/s1. The molecule has 2 aromatic carbocycles. The molecule has 1 atom stereocenters. The lowest BCUT2D eigenvalue weighted by Gasteiger charge is -2.20. The van der Waals surface area contributed by atoms with Crippen LogP contribution in [0, 0.1) is 0 Å². The Morgan fingerprint density at radius 2 is 1.76 bits per heavy atom. The first kappa shape index (κ1) is 20.9. The number of ether oxygens (including phenoxy) is 3. The third-order valence-electron chi connectivity index (χ3n) is 3.89. The summed E-state index contributed by atoms with van der Waals surface area (Å²) in [7, 11) is 0. The van der Waals surface area contributed by atoms with Crippen LogP contribution in [-0.2, 0) is 4.74 Å². The second-order valence-corrected chi connectivity index (χ2v) is 8.77. The third kappa shape index (κ3) is 4.98. The van der Waals surface area contributed by atoms with Crippen molar-refractivity contribution in [2.45, 2.75) is 38.1 Å². The lowest BCUT2D eigenvalue weighted by Crippen LogP contribution is -2.27. The summed E-state index contributed by atoms with van der Waals surface area (Å²) in [6, 6.07) is 12.2. The summed E-state index contributed by atoms with van der Waals surface area (Å²) in [5.74, 6) is -0.341. The van der Waals surface area contributed by atoms with Gasteiger partial charge in [0, 0.05) is 10.2 Å². The smallest absolute Gasteiger partial charge is 0.460 e. The van der Waals surface area contributed by atoms with Crippen LogP contribution in [0.15, 0.2) is 53.1 Å². The Bertz CT molecular complexity index is 1030. The molecule has 6 nitrogen and oxygen atoms in total. The molecule has 0 aliphatic heterocycles. The largest absolute Gasteiger partial charge is 0.514 e. The number of furan rings is 1. The number of rotatable bonds is 4. The van der Waals surface area contributed by atoms with Crippen LogP contribution in [-0.4, -0.2) is 17.7 Å². The van der Waals surface area contributed by atoms with E-state index in [0.29, 0.717) is 16.7 Å². The van der Waals surface area contributed by atoms with E-state index < -0.39 is 17.7 Å². The molecule has 7 heteroatoms. The fraction of sp³-hybridized carbons (Fsp3) is 0.273. The number of carbonyl (C=O) groups is 2. The lowest BCUT2D eigenvalue weighted by atomic mass is 10.0. The summed E-state index contributed by atoms with van der Waals surface area (Å²) in [6.07, 6.45) is 0.519. The molecule has 0 saturated heterocycles. The average molecular weight is 461 g/mol. The summed E-state index contributed by atoms with van der Waals surface area (Å²) in [6.45, 7) is 7.02. The maximum Gasteiger partial charge on any atom is 0.514 e. The molecule has 29 heavy (non-hydrogen) atoms. The Morgan fingerprint density at radius 3 is 2.38 bits per heavy atom. The van der Waals surface area contributed by atoms with E-state index in [4.69, 9.17) is 18.6 Å². The highest BCUT2D eigenvalue weighted by atomic mass is 79.9. The van der Waals surface area contributed by atoms with E-state index in [1.165, 1.54) is 6.26 Å². The van der Waals surface area contributed by atoms with Gasteiger partial charge in [-0.15, -0.1) is 0 Å². The van der Waals surface area contributed by atoms with Gasteiger partial charge in [0.25, 0.3) is 0 Å². The van der Waals surface area contributed by atoms with Crippen LogP contribution in [0.1, 0.15) is 48.4 Å². The number of alkyl halides is 1. The molecule has 3 rings (SSSR count). The van der Waals surface area contributed by atoms with E-state index >= 15 is 0 Å². The van der Waals surface area contributed by atoms with E-state index in [9.17, 15) is 9.59 Å². The molecule has 3 aromatic rings. The van der Waals surface area contributed by atoms with Gasteiger partial charge in [0.2, 0.25) is 0 Å². The zero-order valence-electron chi connectivity index (χ0n) is 16.5. The van der Waals surface area contributed by atoms with Gasteiger partial charge in [-0.2, -0.15) is 0 Å². The molecule has 0 aliphatic rings. The molecule has 0 aliphatic carbocycles. The van der Waals surface area contributed by atoms with E-state index in [2.05, 4.69) is 15.9 Å². The maximum atomic E-state index is 13.1. The summed E-state index contributed by atoms with van der Waals surface area (Å²) >= 11 is 3.50. The van der Waals surface area contributed by atoms with Crippen molar-refractivity contribution in [2.24, 2.45) is 0 Å². The number of benzene rings is 2. The van der Waals surface area contributed by atoms with Crippen LogP contribution in [0.25, 0.3) is 11.0 Å². The minimum atomic E-state index is -0.941. The van der Waals surface area contributed by atoms with Gasteiger partial charge in [-0.3, -0.25) is 0 Å². The van der Waals surface area contributed by atoms with E-state index in [1.807, 2.05) is 13.0 Å². The predicted molar refractivity (Wildman–Crippen MR) is 112 cm³/mol. The fourth-order valence-electron chi connectivity index (χ4n) is 2.72. The van der Waals surface area contributed by atoms with Crippen molar-refractivity contribution in [1.82, 2.24) is 0 Å². The molecule has 0 amide bonds. The van der Waals surface area contributed by atoms with Crippen molar-refractivity contribution >= 4 is 39.0 Å². The van der Waals surface area contributed by atoms with Crippen molar-refractivity contribution in [2.75, 3.05) is 0 Å². The fourth-order valence-corrected chi connectivity index (χ4v) is 3.09. The van der Waals surface area contributed by atoms with Crippen molar-refractivity contribution in [3.63, 3.8) is 0 Å². The minimum Gasteiger partial charge on any atom is -0.460 e. The van der Waals surface area contributed by atoms with Gasteiger partial charge in [-0.05, 0) is 57.5 Å². The van der Waals surface area contributed by atoms with Gasteiger partial charge in [0.1, 0.15) is 16.9 Å². The van der Waals surface area contributed by atoms with Gasteiger partial charge in [0.05, 0.1) is 6.26 Å². The molecule has 0 bridgehead atoms. The van der Waals surface area contributed by atoms with E-state index in [0.717, 1.165) is 0 Å². The molecule has 0 radical (unpaired) electrons. The van der Waals surface area contributed by atoms with Crippen LogP contribution < -0.4 is 9.47 Å². The first-order valence-corrected chi connectivity index (χ1v) is 9.93. The first-order chi connectivity index (χ1) is 13.7. The number of carbonyl (C=O) groups excluding carboxylic acids is 2. The highest BCUT2D eigenvalue weighted by molar-refractivity contribution is 9.09. The van der Waals surface area contributed by atoms with Crippen LogP contribution in [0.5, 0.6) is 11.5 Å². The second-order valence-electron chi connectivity index (χ2n) is 7.39. The zero-order chi connectivity index (χ0) is 21.2. The topological polar surface area (TPSA) is 75.0 Å². The molecular weight excluding hydrogens is 440 g/mol. The number of halogens is 1. The number of hydrogen-bond donors (Lipinski definition) is 0. The summed E-state index contributed by atoms with van der Waals surface area (Å²) in [4.78, 5) is 25.2. The highest BCUT2D eigenvalue weighted by Crippen LogP contribution is 2.39. The van der Waals surface area contributed by atoms with E-state index in [-0.39, 0.29) is 21.7 Å². The van der Waals surface area contributed by atoms with Gasteiger partial charge >= 0.3 is 12.1 Å². The Kier molecular flexibility index (Phi) is 5.98. The van der Waals surface area contributed by atoms with Crippen LogP contribution in [0.2, 0.25) is 0 Å². The molecule has 152 valence electrons. The number of fused-ring (bicyclic) bond motifs is 1. The van der Waals surface area contributed by atoms with E-state index in [1.54, 1.807) is 57.2 Å². The highest BCUT2D eigenvalue weighted by Gasteiger charge is 2.29. The molecule has 0 unspecified atom stereocenters. The Morgan fingerprint density at radius 1 is 1.07 bits per heavy atom. The van der Waals surface area contributed by atoms with Gasteiger partial charge in [-0.1, -0.05) is 34.1 Å². The SMILES string of the molecule is C[C@H](Br)c1cc2ccoc2c(OC(=O)OC(C)(C)C)c1C(=O)Oc1ccccc1. The number of hydrogen-bond acceptors (Lipinski definition) is 6. The first-order valence-electron chi connectivity index (χ1n) is 9.02. The lowest BCUT2D eigenvalue weighted by molar-refractivity contribution is 0.0205. The second kappa shape index (κ2) is 8.29. The third-order valence-corrected chi connectivity index (χ3v) is 4.38. The van der Waals surface area contributed by atoms with Crippen molar-refractivity contribution < 1.29 is 28.2 Å². The normalized spacial score (nSPS) is 12.4. The van der Waals surface area contributed by atoms with Gasteiger partial charge in [0.15, 0.2) is 11.3 Å². The molecule has 0 fully saturated rings. The molecule has 0 N–H and O–H groups in total. The van der Waals surface area contributed by atoms with Gasteiger partial charge < -0.3 is 18.6 Å². The molecule has 1 heterocycles. The molecule has 0 spiro atoms.